The number of H-pyrrole nitrogens is 1. The van der Waals surface area contributed by atoms with Crippen molar-refractivity contribution in [2.24, 2.45) is 0 Å². The summed E-state index contributed by atoms with van der Waals surface area (Å²) in [6.45, 7) is 1.74. The summed E-state index contributed by atoms with van der Waals surface area (Å²) in [5.41, 5.74) is -3.57. The average molecular weight is 534 g/mol. The van der Waals surface area contributed by atoms with Gasteiger partial charge >= 0.3 is 18.0 Å². The first kappa shape index (κ1) is 26.8. The molecule has 0 bridgehead atoms. The van der Waals surface area contributed by atoms with Gasteiger partial charge in [-0.05, 0) is 48.4 Å². The minimum atomic E-state index is -5.03. The second kappa shape index (κ2) is 10.3. The van der Waals surface area contributed by atoms with Crippen molar-refractivity contribution in [2.45, 2.75) is 37.8 Å². The molecule has 2 aromatic carbocycles. The molecule has 1 aliphatic heterocycles. The third kappa shape index (κ3) is 6.02. The Bertz CT molecular complexity index is 1240. The van der Waals surface area contributed by atoms with Crippen LogP contribution in [0.2, 0.25) is 0 Å². The molecule has 2 heterocycles. The zero-order valence-corrected chi connectivity index (χ0v) is 19.2. The lowest BCUT2D eigenvalue weighted by Gasteiger charge is -2.41. The Labute approximate surface area is 205 Å². The quantitative estimate of drug-likeness (QED) is 0.448. The summed E-state index contributed by atoms with van der Waals surface area (Å²) < 4.78 is 106. The molecule has 4 rings (SSSR count). The number of rotatable bonds is 6. The normalized spacial score (nSPS) is 19.1. The molecule has 0 radical (unpaired) electrons. The molecule has 1 aromatic heterocycles. The average Bonchev–Trinajstić information content (AvgIpc) is 3.27. The van der Waals surface area contributed by atoms with Gasteiger partial charge in [0.25, 0.3) is 0 Å². The van der Waals surface area contributed by atoms with E-state index in [2.05, 4.69) is 10.1 Å². The smallest absolute Gasteiger partial charge is 0.378 e. The van der Waals surface area contributed by atoms with Gasteiger partial charge in [0, 0.05) is 6.54 Å². The fourth-order valence-corrected chi connectivity index (χ4v) is 4.04. The highest BCUT2D eigenvalue weighted by Gasteiger charge is 2.39. The number of ether oxygens (including phenoxy) is 2. The maximum atomic E-state index is 13.5. The van der Waals surface area contributed by atoms with Crippen molar-refractivity contribution in [3.8, 4) is 0 Å². The van der Waals surface area contributed by atoms with E-state index in [0.29, 0.717) is 17.7 Å². The molecule has 1 fully saturated rings. The monoisotopic (exact) mass is 534 g/mol. The number of nitrogens with zero attached hydrogens (tertiary/aromatic N) is 3. The molecule has 1 aliphatic rings. The van der Waals surface area contributed by atoms with Gasteiger partial charge in [0.05, 0.1) is 36.5 Å². The van der Waals surface area contributed by atoms with E-state index in [4.69, 9.17) is 9.47 Å². The highest BCUT2D eigenvalue weighted by atomic mass is 19.4. The van der Waals surface area contributed by atoms with Crippen LogP contribution in [0.15, 0.2) is 53.6 Å². The van der Waals surface area contributed by atoms with Crippen LogP contribution < -0.4 is 5.69 Å². The van der Waals surface area contributed by atoms with Gasteiger partial charge in [-0.1, -0.05) is 12.1 Å². The predicted molar refractivity (Wildman–Crippen MR) is 114 cm³/mol. The number of nitrogens with one attached hydrogen (secondary N) is 1. The van der Waals surface area contributed by atoms with E-state index >= 15 is 0 Å². The number of aromatic nitrogens is 3. The minimum absolute atomic E-state index is 0.0274. The van der Waals surface area contributed by atoms with E-state index in [-0.39, 0.29) is 25.8 Å². The predicted octanol–water partition coefficient (Wildman–Crippen LogP) is 5.06. The number of morpholine rings is 1. The third-order valence-corrected chi connectivity index (χ3v) is 5.91. The summed E-state index contributed by atoms with van der Waals surface area (Å²) in [5, 5.41) is 2.58. The summed E-state index contributed by atoms with van der Waals surface area (Å²) in [6.07, 6.45) is -11.7. The molecular weight excluding hydrogens is 513 g/mol. The maximum Gasteiger partial charge on any atom is 0.416 e. The Morgan fingerprint density at radius 2 is 1.68 bits per heavy atom. The van der Waals surface area contributed by atoms with E-state index in [1.165, 1.54) is 31.2 Å². The Kier molecular flexibility index (Phi) is 7.44. The van der Waals surface area contributed by atoms with Gasteiger partial charge in [0.1, 0.15) is 12.1 Å². The van der Waals surface area contributed by atoms with Crippen molar-refractivity contribution < 1.29 is 40.2 Å². The number of hydrogen-bond acceptors (Lipinski definition) is 5. The molecule has 3 atom stereocenters. The Hall–Kier alpha value is -3.23. The zero-order chi connectivity index (χ0) is 27.0. The van der Waals surface area contributed by atoms with Crippen molar-refractivity contribution in [1.29, 1.82) is 0 Å². The van der Waals surface area contributed by atoms with Gasteiger partial charge in [-0.15, -0.1) is 0 Å². The fraction of sp³-hybridized carbons (Fsp3) is 0.391. The molecule has 1 saturated heterocycles. The van der Waals surface area contributed by atoms with E-state index in [9.17, 15) is 35.5 Å². The molecule has 14 heteroatoms. The summed E-state index contributed by atoms with van der Waals surface area (Å²) >= 11 is 0. The minimum Gasteiger partial charge on any atom is -0.378 e. The molecule has 200 valence electrons. The molecule has 0 aliphatic carbocycles. The van der Waals surface area contributed by atoms with Crippen LogP contribution >= 0.6 is 0 Å². The lowest BCUT2D eigenvalue weighted by atomic mass is 10.0. The first-order valence-electron chi connectivity index (χ1n) is 11.0. The van der Waals surface area contributed by atoms with Crippen LogP contribution in [0.3, 0.4) is 0 Å². The van der Waals surface area contributed by atoms with Gasteiger partial charge in [-0.25, -0.2) is 14.1 Å². The van der Waals surface area contributed by atoms with Crippen molar-refractivity contribution in [3.05, 3.63) is 87.3 Å². The van der Waals surface area contributed by atoms with Gasteiger partial charge in [0.2, 0.25) is 6.35 Å². The summed E-state index contributed by atoms with van der Waals surface area (Å²) in [7, 11) is 0. The van der Waals surface area contributed by atoms with Crippen LogP contribution in [0, 0.1) is 5.82 Å². The molecule has 0 amide bonds. The molecule has 3 aromatic rings. The molecule has 1 unspecified atom stereocenters. The molecule has 0 spiro atoms. The topological polar surface area (TPSA) is 72.4 Å². The van der Waals surface area contributed by atoms with Crippen molar-refractivity contribution in [1.82, 2.24) is 19.7 Å². The zero-order valence-electron chi connectivity index (χ0n) is 19.2. The van der Waals surface area contributed by atoms with Gasteiger partial charge in [-0.3, -0.25) is 5.10 Å². The molecule has 1 N–H and O–H groups in total. The molecular formula is C23H21F7N4O3. The number of hydrogen-bond donors (Lipinski definition) is 1. The SMILES string of the molecule is CC(O[C@H](N1CCOC[C@@H]1c1ccc(F)cc1)n1[nH]cnc1=O)c1cc(C(F)(F)F)cc(C(F)(F)F)c1. The molecule has 7 nitrogen and oxygen atoms in total. The third-order valence-electron chi connectivity index (χ3n) is 5.91. The number of aromatic amines is 1. The highest BCUT2D eigenvalue weighted by molar-refractivity contribution is 5.34. The summed E-state index contributed by atoms with van der Waals surface area (Å²) in [6, 6.07) is 6.04. The van der Waals surface area contributed by atoms with Crippen LogP contribution in [-0.4, -0.2) is 39.4 Å². The molecule has 0 saturated carbocycles. The van der Waals surface area contributed by atoms with E-state index < -0.39 is 59.0 Å². The summed E-state index contributed by atoms with van der Waals surface area (Å²) in [4.78, 5) is 17.6. The molecule has 37 heavy (non-hydrogen) atoms. The highest BCUT2D eigenvalue weighted by Crippen LogP contribution is 2.39. The summed E-state index contributed by atoms with van der Waals surface area (Å²) in [5.74, 6) is -0.483. The Morgan fingerprint density at radius 1 is 1.05 bits per heavy atom. The first-order valence-corrected chi connectivity index (χ1v) is 11.0. The van der Waals surface area contributed by atoms with Gasteiger partial charge in [0.15, 0.2) is 0 Å². The van der Waals surface area contributed by atoms with Crippen molar-refractivity contribution >= 4 is 0 Å². The van der Waals surface area contributed by atoms with E-state index in [0.717, 1.165) is 11.0 Å². The number of benzene rings is 2. The first-order chi connectivity index (χ1) is 17.3. The van der Waals surface area contributed by atoms with Crippen molar-refractivity contribution in [2.75, 3.05) is 19.8 Å². The van der Waals surface area contributed by atoms with Crippen LogP contribution in [0.25, 0.3) is 0 Å². The Morgan fingerprint density at radius 3 is 2.22 bits per heavy atom. The van der Waals surface area contributed by atoms with Crippen LogP contribution in [0.4, 0.5) is 30.7 Å². The van der Waals surface area contributed by atoms with Crippen LogP contribution in [0.5, 0.6) is 0 Å². The lowest BCUT2D eigenvalue weighted by molar-refractivity contribution is -0.191. The lowest BCUT2D eigenvalue weighted by Crippen LogP contribution is -2.47. The largest absolute Gasteiger partial charge is 0.416 e. The van der Waals surface area contributed by atoms with Crippen LogP contribution in [0.1, 0.15) is 47.7 Å². The fourth-order valence-electron chi connectivity index (χ4n) is 4.04. The van der Waals surface area contributed by atoms with Gasteiger partial charge < -0.3 is 9.47 Å². The van der Waals surface area contributed by atoms with E-state index in [1.54, 1.807) is 4.90 Å². The maximum absolute atomic E-state index is 13.5. The van der Waals surface area contributed by atoms with Crippen molar-refractivity contribution in [3.63, 3.8) is 0 Å². The van der Waals surface area contributed by atoms with Gasteiger partial charge in [-0.2, -0.15) is 36.0 Å². The number of halogens is 7. The standard InChI is InChI=1S/C23H21F7N4O3/c1-13(15-8-16(22(25,26)27)10-17(9-15)23(28,29)30)37-21(34-20(35)31-12-32-34)33-6-7-36-11-19(33)14-2-4-18(24)5-3-14/h2-5,8-10,12-13,19,21H,6-7,11H2,1H3,(H,31,32,35)/t13?,19-,21-/m1/s1. The Balaban J connectivity index is 1.74. The number of alkyl halides is 6. The second-order valence-corrected chi connectivity index (χ2v) is 8.36. The van der Waals surface area contributed by atoms with Crippen LogP contribution in [-0.2, 0) is 21.8 Å². The second-order valence-electron chi connectivity index (χ2n) is 8.36. The van der Waals surface area contributed by atoms with E-state index in [1.807, 2.05) is 0 Å².